The van der Waals surface area contributed by atoms with E-state index in [-0.39, 0.29) is 37.5 Å². The molecule has 25 heavy (non-hydrogen) atoms. The first-order chi connectivity index (χ1) is 11.5. The molecule has 7 nitrogen and oxygen atoms in total. The van der Waals surface area contributed by atoms with Gasteiger partial charge in [0.25, 0.3) is 0 Å². The van der Waals surface area contributed by atoms with Crippen LogP contribution < -0.4 is 21.1 Å². The molecule has 1 fully saturated rings. The van der Waals surface area contributed by atoms with Crippen LogP contribution in [0.4, 0.5) is 16.2 Å². The van der Waals surface area contributed by atoms with Crippen LogP contribution in [0.2, 0.25) is 0 Å². The van der Waals surface area contributed by atoms with Crippen LogP contribution in [0.3, 0.4) is 0 Å². The number of rotatable bonds is 7. The third-order valence-corrected chi connectivity index (χ3v) is 3.99. The number of anilines is 2. The number of benzene rings is 1. The van der Waals surface area contributed by atoms with Gasteiger partial charge in [-0.25, -0.2) is 4.79 Å². The highest BCUT2D eigenvalue weighted by atomic mass is 35.5. The largest absolute Gasteiger partial charge is 0.491 e. The van der Waals surface area contributed by atoms with E-state index in [0.717, 1.165) is 25.7 Å². The summed E-state index contributed by atoms with van der Waals surface area (Å²) >= 11 is 0. The van der Waals surface area contributed by atoms with E-state index >= 15 is 0 Å². The van der Waals surface area contributed by atoms with Gasteiger partial charge in [-0.2, -0.15) is 0 Å². The second-order valence-electron chi connectivity index (χ2n) is 6.03. The number of carbonyl (C=O) groups is 2. The predicted octanol–water partition coefficient (Wildman–Crippen LogP) is 3.39. The van der Waals surface area contributed by atoms with Gasteiger partial charge < -0.3 is 26.2 Å². The zero-order valence-corrected chi connectivity index (χ0v) is 14.9. The van der Waals surface area contributed by atoms with Crippen molar-refractivity contribution in [3.05, 3.63) is 18.2 Å². The molecule has 1 aromatic carbocycles. The molecule has 0 atom stereocenters. The molecule has 0 saturated heterocycles. The highest BCUT2D eigenvalue weighted by Gasteiger charge is 2.16. The minimum Gasteiger partial charge on any atom is -0.491 e. The second kappa shape index (κ2) is 10.7. The lowest BCUT2D eigenvalue weighted by molar-refractivity contribution is -0.137. The van der Waals surface area contributed by atoms with Crippen molar-refractivity contribution < 1.29 is 19.4 Å². The Hall–Kier alpha value is -2.15. The number of hydrogen-bond acceptors (Lipinski definition) is 4. The average molecular weight is 372 g/mol. The minimum atomic E-state index is -0.864. The fourth-order valence-electron chi connectivity index (χ4n) is 2.76. The molecule has 0 heterocycles. The van der Waals surface area contributed by atoms with Gasteiger partial charge in [0.2, 0.25) is 0 Å². The lowest BCUT2D eigenvalue weighted by Crippen LogP contribution is -2.39. The molecule has 0 unspecified atom stereocenters. The van der Waals surface area contributed by atoms with Gasteiger partial charge in [-0.05, 0) is 31.4 Å². The SMILES string of the molecule is Cl.Nc1ccc(NC(=O)NC2CCCCC2)c(OCCCC(=O)O)c1. The Balaban J connectivity index is 0.00000312. The van der Waals surface area contributed by atoms with Crippen molar-refractivity contribution >= 4 is 35.8 Å². The van der Waals surface area contributed by atoms with Crippen molar-refractivity contribution in [3.63, 3.8) is 0 Å². The number of carbonyl (C=O) groups excluding carboxylic acids is 1. The summed E-state index contributed by atoms with van der Waals surface area (Å²) in [5.74, 6) is -0.421. The Labute approximate surface area is 153 Å². The van der Waals surface area contributed by atoms with Crippen LogP contribution in [0.15, 0.2) is 18.2 Å². The van der Waals surface area contributed by atoms with Gasteiger partial charge in [0, 0.05) is 24.2 Å². The number of amides is 2. The molecule has 2 amide bonds. The lowest BCUT2D eigenvalue weighted by Gasteiger charge is -2.23. The average Bonchev–Trinajstić information content (AvgIpc) is 2.54. The van der Waals surface area contributed by atoms with E-state index in [4.69, 9.17) is 15.6 Å². The Morgan fingerprint density at radius 2 is 1.96 bits per heavy atom. The zero-order valence-electron chi connectivity index (χ0n) is 14.1. The quantitative estimate of drug-likeness (QED) is 0.433. The Bertz CT molecular complexity index is 577. The summed E-state index contributed by atoms with van der Waals surface area (Å²) in [4.78, 5) is 22.7. The minimum absolute atomic E-state index is 0. The van der Waals surface area contributed by atoms with Gasteiger partial charge in [-0.1, -0.05) is 19.3 Å². The van der Waals surface area contributed by atoms with E-state index in [1.54, 1.807) is 18.2 Å². The van der Waals surface area contributed by atoms with E-state index in [9.17, 15) is 9.59 Å². The van der Waals surface area contributed by atoms with Crippen molar-refractivity contribution in [3.8, 4) is 5.75 Å². The number of nitrogens with one attached hydrogen (secondary N) is 2. The molecule has 1 aliphatic carbocycles. The molecule has 0 radical (unpaired) electrons. The maximum absolute atomic E-state index is 12.2. The van der Waals surface area contributed by atoms with Crippen LogP contribution in [0, 0.1) is 0 Å². The van der Waals surface area contributed by atoms with Gasteiger partial charge in [0.15, 0.2) is 0 Å². The normalized spacial score (nSPS) is 14.2. The predicted molar refractivity (Wildman–Crippen MR) is 99.5 cm³/mol. The maximum atomic E-state index is 12.2. The molecule has 140 valence electrons. The number of halogens is 1. The van der Waals surface area contributed by atoms with Crippen LogP contribution in [0.1, 0.15) is 44.9 Å². The highest BCUT2D eigenvalue weighted by Crippen LogP contribution is 2.27. The fraction of sp³-hybridized carbons (Fsp3) is 0.529. The highest BCUT2D eigenvalue weighted by molar-refractivity contribution is 5.91. The summed E-state index contributed by atoms with van der Waals surface area (Å²) in [6, 6.07) is 4.94. The molecular weight excluding hydrogens is 346 g/mol. The first kappa shape index (κ1) is 20.9. The van der Waals surface area contributed by atoms with Gasteiger partial charge in [0.1, 0.15) is 5.75 Å². The third kappa shape index (κ3) is 7.51. The van der Waals surface area contributed by atoms with Gasteiger partial charge in [-0.15, -0.1) is 12.4 Å². The summed E-state index contributed by atoms with van der Waals surface area (Å²) in [7, 11) is 0. The first-order valence-electron chi connectivity index (χ1n) is 8.36. The van der Waals surface area contributed by atoms with Crippen LogP contribution >= 0.6 is 12.4 Å². The molecule has 0 aromatic heterocycles. The summed E-state index contributed by atoms with van der Waals surface area (Å²) in [6.07, 6.45) is 5.95. The molecule has 0 aliphatic heterocycles. The number of carboxylic acid groups (broad SMARTS) is 1. The van der Waals surface area contributed by atoms with Crippen molar-refractivity contribution in [2.75, 3.05) is 17.7 Å². The number of nitrogens with two attached hydrogens (primary N) is 1. The van der Waals surface area contributed by atoms with Crippen molar-refractivity contribution in [2.45, 2.75) is 51.0 Å². The van der Waals surface area contributed by atoms with Gasteiger partial charge >= 0.3 is 12.0 Å². The Morgan fingerprint density at radius 3 is 2.64 bits per heavy atom. The van der Waals surface area contributed by atoms with Crippen LogP contribution in [0.5, 0.6) is 5.75 Å². The second-order valence-corrected chi connectivity index (χ2v) is 6.03. The maximum Gasteiger partial charge on any atom is 0.319 e. The lowest BCUT2D eigenvalue weighted by atomic mass is 9.96. The standard InChI is InChI=1S/C17H25N3O4.ClH/c18-12-8-9-14(15(11-12)24-10-4-7-16(21)22)20-17(23)19-13-5-2-1-3-6-13;/h8-9,11,13H,1-7,10,18H2,(H,21,22)(H2,19,20,23);1H. The summed E-state index contributed by atoms with van der Waals surface area (Å²) in [5, 5.41) is 14.4. The van der Waals surface area contributed by atoms with Crippen molar-refractivity contribution in [2.24, 2.45) is 0 Å². The monoisotopic (exact) mass is 371 g/mol. The van der Waals surface area contributed by atoms with E-state index in [1.165, 1.54) is 6.42 Å². The van der Waals surface area contributed by atoms with Crippen molar-refractivity contribution in [1.29, 1.82) is 0 Å². The number of urea groups is 1. The van der Waals surface area contributed by atoms with Crippen LogP contribution in [-0.2, 0) is 4.79 Å². The molecule has 2 rings (SSSR count). The number of nitrogen functional groups attached to an aromatic ring is 1. The molecule has 0 bridgehead atoms. The molecule has 1 aliphatic rings. The Morgan fingerprint density at radius 1 is 1.24 bits per heavy atom. The molecule has 0 spiro atoms. The number of ether oxygens (including phenoxy) is 1. The Kier molecular flexibility index (Phi) is 8.91. The van der Waals surface area contributed by atoms with Crippen LogP contribution in [-0.4, -0.2) is 29.8 Å². The molecular formula is C17H26ClN3O4. The number of aliphatic carboxylic acids is 1. The summed E-state index contributed by atoms with van der Waals surface area (Å²) in [6.45, 7) is 0.245. The number of carboxylic acids is 1. The number of hydrogen-bond donors (Lipinski definition) is 4. The van der Waals surface area contributed by atoms with E-state index in [1.807, 2.05) is 0 Å². The summed E-state index contributed by atoms with van der Waals surface area (Å²) < 4.78 is 5.57. The smallest absolute Gasteiger partial charge is 0.319 e. The fourth-order valence-corrected chi connectivity index (χ4v) is 2.76. The topological polar surface area (TPSA) is 114 Å². The van der Waals surface area contributed by atoms with Gasteiger partial charge in [-0.3, -0.25) is 4.79 Å². The van der Waals surface area contributed by atoms with Crippen molar-refractivity contribution in [1.82, 2.24) is 5.32 Å². The van der Waals surface area contributed by atoms with E-state index in [0.29, 0.717) is 23.5 Å². The van der Waals surface area contributed by atoms with Crippen LogP contribution in [0.25, 0.3) is 0 Å². The molecule has 8 heteroatoms. The molecule has 5 N–H and O–H groups in total. The van der Waals surface area contributed by atoms with E-state index < -0.39 is 5.97 Å². The summed E-state index contributed by atoms with van der Waals surface area (Å²) in [5.41, 5.74) is 6.79. The first-order valence-corrected chi connectivity index (χ1v) is 8.36. The molecule has 1 saturated carbocycles. The van der Waals surface area contributed by atoms with Gasteiger partial charge in [0.05, 0.1) is 12.3 Å². The zero-order chi connectivity index (χ0) is 17.4. The van der Waals surface area contributed by atoms with E-state index in [2.05, 4.69) is 10.6 Å². The third-order valence-electron chi connectivity index (χ3n) is 3.99. The molecule has 1 aromatic rings.